The number of anilines is 2. The van der Waals surface area contributed by atoms with Crippen LogP contribution in [0.4, 0.5) is 11.6 Å². The molecule has 2 rings (SSSR count). The summed E-state index contributed by atoms with van der Waals surface area (Å²) < 4.78 is 0. The number of benzene rings is 1. The highest BCUT2D eigenvalue weighted by Crippen LogP contribution is 2.17. The topological polar surface area (TPSA) is 57.8 Å². The lowest BCUT2D eigenvalue weighted by molar-refractivity contribution is 0.986. The van der Waals surface area contributed by atoms with Crippen molar-refractivity contribution >= 4 is 23.2 Å². The van der Waals surface area contributed by atoms with Gasteiger partial charge in [0.05, 0.1) is 0 Å². The Labute approximate surface area is 104 Å². The maximum Gasteiger partial charge on any atom is 0.252 e. The average Bonchev–Trinajstić information content (AvgIpc) is 2.28. The van der Waals surface area contributed by atoms with E-state index in [-0.39, 0.29) is 5.56 Å². The van der Waals surface area contributed by atoms with E-state index in [1.807, 2.05) is 19.1 Å². The van der Waals surface area contributed by atoms with E-state index in [2.05, 4.69) is 15.3 Å². The molecule has 0 aliphatic carbocycles. The lowest BCUT2D eigenvalue weighted by atomic mass is 10.3. The number of aryl methyl sites for hydroxylation is 1. The number of aromatic amines is 1. The van der Waals surface area contributed by atoms with E-state index in [9.17, 15) is 4.79 Å². The zero-order chi connectivity index (χ0) is 12.3. The Morgan fingerprint density at radius 1 is 1.41 bits per heavy atom. The molecular weight excluding hydrogens is 238 g/mol. The van der Waals surface area contributed by atoms with Gasteiger partial charge in [0.15, 0.2) is 0 Å². The quantitative estimate of drug-likeness (QED) is 0.879. The van der Waals surface area contributed by atoms with Crippen molar-refractivity contribution in [3.8, 4) is 0 Å². The Morgan fingerprint density at radius 2 is 2.24 bits per heavy atom. The number of nitrogens with zero attached hydrogens (tertiary/aromatic N) is 1. The molecule has 0 unspecified atom stereocenters. The normalized spacial score (nSPS) is 10.2. The van der Waals surface area contributed by atoms with Gasteiger partial charge in [-0.2, -0.15) is 0 Å². The van der Waals surface area contributed by atoms with Gasteiger partial charge in [0, 0.05) is 22.5 Å². The zero-order valence-electron chi connectivity index (χ0n) is 9.33. The molecule has 17 heavy (non-hydrogen) atoms. The van der Waals surface area contributed by atoms with E-state index < -0.39 is 0 Å². The fourth-order valence-electron chi connectivity index (χ4n) is 1.45. The van der Waals surface area contributed by atoms with Crippen LogP contribution in [0, 0.1) is 0 Å². The minimum Gasteiger partial charge on any atom is -0.326 e. The van der Waals surface area contributed by atoms with Crippen molar-refractivity contribution in [1.82, 2.24) is 9.97 Å². The molecule has 1 heterocycles. The molecule has 0 amide bonds. The number of H-pyrrole nitrogens is 1. The number of halogens is 1. The highest BCUT2D eigenvalue weighted by molar-refractivity contribution is 6.30. The van der Waals surface area contributed by atoms with Crippen molar-refractivity contribution in [2.24, 2.45) is 0 Å². The summed E-state index contributed by atoms with van der Waals surface area (Å²) in [5.41, 5.74) is 1.37. The summed E-state index contributed by atoms with van der Waals surface area (Å²) in [5, 5.41) is 3.64. The molecule has 0 atom stereocenters. The highest BCUT2D eigenvalue weighted by atomic mass is 35.5. The number of hydrogen-bond acceptors (Lipinski definition) is 3. The van der Waals surface area contributed by atoms with Gasteiger partial charge >= 0.3 is 0 Å². The molecule has 0 fully saturated rings. The predicted molar refractivity (Wildman–Crippen MR) is 69.0 cm³/mol. The summed E-state index contributed by atoms with van der Waals surface area (Å²) in [6, 6.07) is 8.71. The van der Waals surface area contributed by atoms with E-state index in [4.69, 9.17) is 11.6 Å². The first-order chi connectivity index (χ1) is 8.17. The van der Waals surface area contributed by atoms with Crippen molar-refractivity contribution in [2.45, 2.75) is 13.3 Å². The Bertz CT molecular complexity index is 580. The maximum absolute atomic E-state index is 11.4. The lowest BCUT2D eigenvalue weighted by Gasteiger charge is -2.06. The lowest BCUT2D eigenvalue weighted by Crippen LogP contribution is -2.11. The van der Waals surface area contributed by atoms with Gasteiger partial charge in [0.1, 0.15) is 0 Å². The van der Waals surface area contributed by atoms with Crippen molar-refractivity contribution in [1.29, 1.82) is 0 Å². The molecule has 1 aromatic heterocycles. The summed E-state index contributed by atoms with van der Waals surface area (Å²) in [6.07, 6.45) is 0.716. The van der Waals surface area contributed by atoms with Crippen molar-refractivity contribution < 1.29 is 0 Å². The molecule has 0 aliphatic heterocycles. The van der Waals surface area contributed by atoms with Crippen LogP contribution in [-0.4, -0.2) is 9.97 Å². The van der Waals surface area contributed by atoms with E-state index in [1.54, 1.807) is 12.1 Å². The first kappa shape index (κ1) is 11.7. The van der Waals surface area contributed by atoms with E-state index in [0.717, 1.165) is 11.4 Å². The van der Waals surface area contributed by atoms with Crippen LogP contribution in [-0.2, 0) is 6.42 Å². The molecule has 1 aromatic carbocycles. The van der Waals surface area contributed by atoms with Crippen molar-refractivity contribution in [3.05, 3.63) is 51.4 Å². The van der Waals surface area contributed by atoms with Gasteiger partial charge in [-0.05, 0) is 24.6 Å². The minimum absolute atomic E-state index is 0.165. The summed E-state index contributed by atoms with van der Waals surface area (Å²) in [4.78, 5) is 18.3. The molecule has 0 radical (unpaired) electrons. The summed E-state index contributed by atoms with van der Waals surface area (Å²) in [7, 11) is 0. The number of hydrogen-bond donors (Lipinski definition) is 2. The third-order valence-corrected chi connectivity index (χ3v) is 2.48. The van der Waals surface area contributed by atoms with Crippen LogP contribution >= 0.6 is 11.6 Å². The molecule has 0 saturated carbocycles. The maximum atomic E-state index is 11.4. The van der Waals surface area contributed by atoms with Crippen LogP contribution < -0.4 is 10.9 Å². The SMILES string of the molecule is CCc1cc(=O)[nH]c(Nc2cccc(Cl)c2)n1. The third-order valence-electron chi connectivity index (χ3n) is 2.24. The molecule has 88 valence electrons. The Hall–Kier alpha value is -1.81. The van der Waals surface area contributed by atoms with Gasteiger partial charge < -0.3 is 5.32 Å². The molecule has 4 nitrogen and oxygen atoms in total. The van der Waals surface area contributed by atoms with Crippen LogP contribution in [0.2, 0.25) is 5.02 Å². The second kappa shape index (κ2) is 5.01. The fourth-order valence-corrected chi connectivity index (χ4v) is 1.64. The zero-order valence-corrected chi connectivity index (χ0v) is 10.1. The van der Waals surface area contributed by atoms with Crippen molar-refractivity contribution in [3.63, 3.8) is 0 Å². The average molecular weight is 250 g/mol. The van der Waals surface area contributed by atoms with Crippen molar-refractivity contribution in [2.75, 3.05) is 5.32 Å². The van der Waals surface area contributed by atoms with Crippen LogP contribution in [0.25, 0.3) is 0 Å². The molecule has 0 aliphatic rings. The monoisotopic (exact) mass is 249 g/mol. The van der Waals surface area contributed by atoms with Crippen LogP contribution in [0.3, 0.4) is 0 Å². The van der Waals surface area contributed by atoms with Crippen LogP contribution in [0.1, 0.15) is 12.6 Å². The number of aromatic nitrogens is 2. The number of rotatable bonds is 3. The molecule has 2 N–H and O–H groups in total. The molecule has 0 saturated heterocycles. The van der Waals surface area contributed by atoms with E-state index >= 15 is 0 Å². The van der Waals surface area contributed by atoms with Crippen LogP contribution in [0.5, 0.6) is 0 Å². The molecule has 5 heteroatoms. The standard InChI is InChI=1S/C12H12ClN3O/c1-2-9-7-11(17)16-12(14-9)15-10-5-3-4-8(13)6-10/h3-7H,2H2,1H3,(H2,14,15,16,17). The largest absolute Gasteiger partial charge is 0.326 e. The van der Waals surface area contributed by atoms with Gasteiger partial charge in [-0.25, -0.2) is 4.98 Å². The first-order valence-electron chi connectivity index (χ1n) is 5.30. The summed E-state index contributed by atoms with van der Waals surface area (Å²) in [5.74, 6) is 0.427. The van der Waals surface area contributed by atoms with Gasteiger partial charge in [-0.3, -0.25) is 9.78 Å². The second-order valence-electron chi connectivity index (χ2n) is 3.57. The van der Waals surface area contributed by atoms with Gasteiger partial charge in [0.25, 0.3) is 5.56 Å². The Balaban J connectivity index is 2.29. The Kier molecular flexibility index (Phi) is 3.44. The fraction of sp³-hybridized carbons (Fsp3) is 0.167. The van der Waals surface area contributed by atoms with Gasteiger partial charge in [0.2, 0.25) is 5.95 Å². The Morgan fingerprint density at radius 3 is 2.94 bits per heavy atom. The third kappa shape index (κ3) is 3.07. The predicted octanol–water partition coefficient (Wildman–Crippen LogP) is 2.73. The molecule has 2 aromatic rings. The van der Waals surface area contributed by atoms with Crippen LogP contribution in [0.15, 0.2) is 35.1 Å². The van der Waals surface area contributed by atoms with Gasteiger partial charge in [-0.1, -0.05) is 24.6 Å². The first-order valence-corrected chi connectivity index (χ1v) is 5.68. The smallest absolute Gasteiger partial charge is 0.252 e. The van der Waals surface area contributed by atoms with Gasteiger partial charge in [-0.15, -0.1) is 0 Å². The van der Waals surface area contributed by atoms with E-state index in [1.165, 1.54) is 6.07 Å². The second-order valence-corrected chi connectivity index (χ2v) is 4.01. The number of nitrogens with one attached hydrogen (secondary N) is 2. The molecular formula is C12H12ClN3O. The highest BCUT2D eigenvalue weighted by Gasteiger charge is 2.00. The summed E-state index contributed by atoms with van der Waals surface area (Å²) in [6.45, 7) is 1.95. The summed E-state index contributed by atoms with van der Waals surface area (Å²) >= 11 is 5.87. The minimum atomic E-state index is -0.165. The molecule has 0 bridgehead atoms. The van der Waals surface area contributed by atoms with E-state index in [0.29, 0.717) is 17.4 Å². The molecule has 0 spiro atoms.